The molecule has 3 aromatic carbocycles. The fourth-order valence-corrected chi connectivity index (χ4v) is 3.80. The first-order valence-corrected chi connectivity index (χ1v) is 10.8. The van der Waals surface area contributed by atoms with E-state index in [9.17, 15) is 4.79 Å². The number of carbonyl (C=O) groups is 1. The van der Waals surface area contributed by atoms with Crippen LogP contribution >= 0.6 is 0 Å². The first kappa shape index (κ1) is 21.1. The van der Waals surface area contributed by atoms with Crippen LogP contribution in [0.25, 0.3) is 0 Å². The first-order chi connectivity index (χ1) is 15.3. The van der Waals surface area contributed by atoms with E-state index in [4.69, 9.17) is 9.47 Å². The van der Waals surface area contributed by atoms with Crippen molar-refractivity contribution in [3.05, 3.63) is 102 Å². The van der Waals surface area contributed by atoms with Crippen molar-refractivity contribution < 1.29 is 14.3 Å². The molecule has 4 rings (SSSR count). The minimum atomic E-state index is -0.677. The Kier molecular flexibility index (Phi) is 7.32. The lowest BCUT2D eigenvalue weighted by molar-refractivity contribution is 0.0377. The molecule has 2 atom stereocenters. The Morgan fingerprint density at radius 2 is 1.48 bits per heavy atom. The van der Waals surface area contributed by atoms with Crippen LogP contribution in [0.3, 0.4) is 0 Å². The highest BCUT2D eigenvalue weighted by Crippen LogP contribution is 2.17. The maximum absolute atomic E-state index is 12.5. The molecule has 0 aromatic heterocycles. The lowest BCUT2D eigenvalue weighted by Crippen LogP contribution is -2.55. The monoisotopic (exact) mass is 416 g/mol. The summed E-state index contributed by atoms with van der Waals surface area (Å²) in [7, 11) is 0. The van der Waals surface area contributed by atoms with Gasteiger partial charge in [0.15, 0.2) is 0 Å². The summed E-state index contributed by atoms with van der Waals surface area (Å²) in [6, 6.07) is 27.9. The fourth-order valence-electron chi connectivity index (χ4n) is 3.80. The Labute approximate surface area is 183 Å². The van der Waals surface area contributed by atoms with E-state index in [1.165, 1.54) is 5.56 Å². The molecule has 1 heterocycles. The number of benzene rings is 3. The number of nitrogens with one attached hydrogen (secondary N) is 2. The average Bonchev–Trinajstić information content (AvgIpc) is 2.82. The minimum absolute atomic E-state index is 0.0368. The Bertz CT molecular complexity index is 939. The molecule has 2 unspecified atom stereocenters. The molecule has 2 N–H and O–H groups in total. The second-order valence-corrected chi connectivity index (χ2v) is 7.77. The van der Waals surface area contributed by atoms with Crippen molar-refractivity contribution in [3.8, 4) is 5.75 Å². The van der Waals surface area contributed by atoms with Crippen molar-refractivity contribution in [2.75, 3.05) is 19.6 Å². The predicted molar refractivity (Wildman–Crippen MR) is 121 cm³/mol. The maximum atomic E-state index is 12.5. The smallest absolute Gasteiger partial charge is 0.429 e. The summed E-state index contributed by atoms with van der Waals surface area (Å²) < 4.78 is 11.2. The van der Waals surface area contributed by atoms with E-state index in [0.29, 0.717) is 12.2 Å². The summed E-state index contributed by atoms with van der Waals surface area (Å²) in [6.45, 7) is 2.50. The van der Waals surface area contributed by atoms with Crippen LogP contribution in [-0.2, 0) is 17.6 Å². The van der Waals surface area contributed by atoms with Gasteiger partial charge in [-0.05, 0) is 35.2 Å². The van der Waals surface area contributed by atoms with Crippen molar-refractivity contribution in [1.29, 1.82) is 0 Å². The first-order valence-electron chi connectivity index (χ1n) is 10.8. The van der Waals surface area contributed by atoms with E-state index in [1.807, 2.05) is 72.8 Å². The summed E-state index contributed by atoms with van der Waals surface area (Å²) in [4.78, 5) is 12.5. The van der Waals surface area contributed by atoms with Gasteiger partial charge < -0.3 is 20.1 Å². The van der Waals surface area contributed by atoms with Gasteiger partial charge in [0.2, 0.25) is 0 Å². The Morgan fingerprint density at radius 3 is 2.13 bits per heavy atom. The molecular weight excluding hydrogens is 388 g/mol. The van der Waals surface area contributed by atoms with Gasteiger partial charge in [0.05, 0.1) is 6.04 Å². The second-order valence-electron chi connectivity index (χ2n) is 7.77. The van der Waals surface area contributed by atoms with Gasteiger partial charge in [0.25, 0.3) is 0 Å². The largest absolute Gasteiger partial charge is 0.514 e. The summed E-state index contributed by atoms with van der Waals surface area (Å²) in [6.07, 6.45) is 0.472. The SMILES string of the molecule is O=C(Oc1ccc(Cc2ccccc2)cc1)OC(Cc1ccccc1)C1CNCCN1. The highest BCUT2D eigenvalue weighted by molar-refractivity contribution is 5.64. The van der Waals surface area contributed by atoms with Crippen LogP contribution in [0.4, 0.5) is 4.79 Å². The standard InChI is InChI=1S/C26H28N2O3/c29-26(30-23-13-11-22(12-14-23)17-20-7-3-1-4-8-20)31-25(24-19-27-15-16-28-24)18-21-9-5-2-6-10-21/h1-14,24-25,27-28H,15-19H2. The highest BCUT2D eigenvalue weighted by Gasteiger charge is 2.27. The van der Waals surface area contributed by atoms with Crippen molar-refractivity contribution in [2.45, 2.75) is 25.0 Å². The lowest BCUT2D eigenvalue weighted by Gasteiger charge is -2.31. The van der Waals surface area contributed by atoms with E-state index in [2.05, 4.69) is 22.8 Å². The molecule has 1 fully saturated rings. The molecule has 0 bridgehead atoms. The van der Waals surface area contributed by atoms with Gasteiger partial charge in [-0.15, -0.1) is 0 Å². The van der Waals surface area contributed by atoms with E-state index >= 15 is 0 Å². The molecule has 0 radical (unpaired) electrons. The third-order valence-electron chi connectivity index (χ3n) is 5.42. The van der Waals surface area contributed by atoms with Gasteiger partial charge in [-0.1, -0.05) is 72.8 Å². The number of hydrogen-bond acceptors (Lipinski definition) is 5. The molecule has 0 amide bonds. The molecule has 160 valence electrons. The molecule has 0 spiro atoms. The van der Waals surface area contributed by atoms with Gasteiger partial charge in [-0.2, -0.15) is 0 Å². The average molecular weight is 417 g/mol. The van der Waals surface area contributed by atoms with Crippen molar-refractivity contribution in [1.82, 2.24) is 10.6 Å². The summed E-state index contributed by atoms with van der Waals surface area (Å²) in [5.74, 6) is 0.481. The van der Waals surface area contributed by atoms with Crippen LogP contribution < -0.4 is 15.4 Å². The molecule has 3 aromatic rings. The summed E-state index contributed by atoms with van der Waals surface area (Å²) >= 11 is 0. The number of rotatable bonds is 7. The van der Waals surface area contributed by atoms with E-state index in [0.717, 1.165) is 37.2 Å². The number of carbonyl (C=O) groups excluding carboxylic acids is 1. The molecule has 1 saturated heterocycles. The van der Waals surface area contributed by atoms with E-state index in [1.54, 1.807) is 0 Å². The van der Waals surface area contributed by atoms with Crippen molar-refractivity contribution >= 4 is 6.16 Å². The van der Waals surface area contributed by atoms with E-state index < -0.39 is 6.16 Å². The van der Waals surface area contributed by atoms with Crippen LogP contribution in [0.1, 0.15) is 16.7 Å². The molecule has 5 heteroatoms. The topological polar surface area (TPSA) is 59.6 Å². The minimum Gasteiger partial charge on any atom is -0.429 e. The third-order valence-corrected chi connectivity index (χ3v) is 5.42. The van der Waals surface area contributed by atoms with Crippen LogP contribution in [-0.4, -0.2) is 37.9 Å². The molecule has 5 nitrogen and oxygen atoms in total. The van der Waals surface area contributed by atoms with Gasteiger partial charge in [0, 0.05) is 26.1 Å². The molecule has 1 aliphatic rings. The van der Waals surface area contributed by atoms with Crippen molar-refractivity contribution in [2.24, 2.45) is 0 Å². The molecule has 31 heavy (non-hydrogen) atoms. The van der Waals surface area contributed by atoms with E-state index in [-0.39, 0.29) is 12.1 Å². The zero-order valence-electron chi connectivity index (χ0n) is 17.5. The van der Waals surface area contributed by atoms with Gasteiger partial charge >= 0.3 is 6.16 Å². The van der Waals surface area contributed by atoms with Gasteiger partial charge in [0.1, 0.15) is 11.9 Å². The Hall–Kier alpha value is -3.15. The number of ether oxygens (including phenoxy) is 2. The highest BCUT2D eigenvalue weighted by atomic mass is 16.7. The fraction of sp³-hybridized carbons (Fsp3) is 0.269. The van der Waals surface area contributed by atoms with Crippen LogP contribution in [0.15, 0.2) is 84.9 Å². The lowest BCUT2D eigenvalue weighted by atomic mass is 10.0. The zero-order valence-corrected chi connectivity index (χ0v) is 17.5. The summed E-state index contributed by atoms with van der Waals surface area (Å²) in [5.41, 5.74) is 3.53. The second kappa shape index (κ2) is 10.8. The summed E-state index contributed by atoms with van der Waals surface area (Å²) in [5, 5.41) is 6.80. The maximum Gasteiger partial charge on any atom is 0.514 e. The molecular formula is C26H28N2O3. The molecule has 1 aliphatic heterocycles. The molecule has 0 aliphatic carbocycles. The number of hydrogen-bond donors (Lipinski definition) is 2. The Balaban J connectivity index is 1.36. The van der Waals surface area contributed by atoms with Crippen LogP contribution in [0.5, 0.6) is 5.75 Å². The zero-order chi connectivity index (χ0) is 21.3. The molecule has 0 saturated carbocycles. The van der Waals surface area contributed by atoms with Crippen LogP contribution in [0.2, 0.25) is 0 Å². The van der Waals surface area contributed by atoms with Crippen LogP contribution in [0, 0.1) is 0 Å². The van der Waals surface area contributed by atoms with Crippen molar-refractivity contribution in [3.63, 3.8) is 0 Å². The predicted octanol–water partition coefficient (Wildman–Crippen LogP) is 3.97. The van der Waals surface area contributed by atoms with Gasteiger partial charge in [-0.25, -0.2) is 4.79 Å². The van der Waals surface area contributed by atoms with Gasteiger partial charge in [-0.3, -0.25) is 0 Å². The number of piperazine rings is 1. The third kappa shape index (κ3) is 6.41. The normalized spacial score (nSPS) is 17.0. The Morgan fingerprint density at radius 1 is 0.839 bits per heavy atom. The quantitative estimate of drug-likeness (QED) is 0.451.